The summed E-state index contributed by atoms with van der Waals surface area (Å²) >= 11 is 0. The second-order valence-corrected chi connectivity index (χ2v) is 6.35. The molecule has 0 saturated heterocycles. The van der Waals surface area contributed by atoms with E-state index in [2.05, 4.69) is 20.5 Å². The van der Waals surface area contributed by atoms with Gasteiger partial charge >= 0.3 is 6.18 Å². The number of benzene rings is 2. The van der Waals surface area contributed by atoms with Gasteiger partial charge < -0.3 is 11.1 Å². The summed E-state index contributed by atoms with van der Waals surface area (Å²) in [7, 11) is 0. The van der Waals surface area contributed by atoms with Crippen LogP contribution in [0.15, 0.2) is 60.8 Å². The van der Waals surface area contributed by atoms with Crippen molar-refractivity contribution in [1.82, 2.24) is 15.2 Å². The highest BCUT2D eigenvalue weighted by atomic mass is 19.4. The molecule has 28 heavy (non-hydrogen) atoms. The Morgan fingerprint density at radius 2 is 1.71 bits per heavy atom. The smallest absolute Gasteiger partial charge is 0.382 e. The molecule has 0 radical (unpaired) electrons. The summed E-state index contributed by atoms with van der Waals surface area (Å²) in [5, 5.41) is 10.8. The van der Waals surface area contributed by atoms with Crippen LogP contribution in [-0.4, -0.2) is 15.2 Å². The molecule has 0 amide bonds. The van der Waals surface area contributed by atoms with Gasteiger partial charge in [0.05, 0.1) is 11.1 Å². The quantitative estimate of drug-likeness (QED) is 0.471. The second kappa shape index (κ2) is 6.88. The molecule has 8 heteroatoms. The molecule has 4 N–H and O–H groups in total. The van der Waals surface area contributed by atoms with E-state index in [-0.39, 0.29) is 0 Å². The first-order chi connectivity index (χ1) is 13.4. The molecule has 0 spiro atoms. The minimum absolute atomic E-state index is 0.363. The minimum atomic E-state index is -4.33. The molecule has 0 unspecified atom stereocenters. The predicted molar refractivity (Wildman–Crippen MR) is 103 cm³/mol. The first kappa shape index (κ1) is 17.8. The molecule has 0 aliphatic carbocycles. The Hall–Kier alpha value is -3.55. The summed E-state index contributed by atoms with van der Waals surface area (Å²) < 4.78 is 37.9. The number of nitrogens with zero attached hydrogens (tertiary/aromatic N) is 2. The van der Waals surface area contributed by atoms with Crippen LogP contribution in [0.2, 0.25) is 0 Å². The monoisotopic (exact) mass is 383 g/mol. The van der Waals surface area contributed by atoms with Crippen LogP contribution in [0.5, 0.6) is 0 Å². The Kier molecular flexibility index (Phi) is 4.38. The second-order valence-electron chi connectivity index (χ2n) is 6.35. The van der Waals surface area contributed by atoms with E-state index in [9.17, 15) is 13.2 Å². The van der Waals surface area contributed by atoms with Gasteiger partial charge in [0.15, 0.2) is 5.82 Å². The number of rotatable bonds is 4. The maximum atomic E-state index is 12.6. The number of nitrogen functional groups attached to an aromatic ring is 1. The number of nitrogens with two attached hydrogens (primary N) is 1. The number of fused-ring (bicyclic) bond motifs is 1. The molecule has 0 saturated carbocycles. The molecule has 2 heterocycles. The molecular weight excluding hydrogens is 367 g/mol. The summed E-state index contributed by atoms with van der Waals surface area (Å²) in [5.74, 6) is 1.06. The van der Waals surface area contributed by atoms with E-state index in [1.165, 1.54) is 12.1 Å². The number of aromatic amines is 1. The molecule has 0 atom stereocenters. The summed E-state index contributed by atoms with van der Waals surface area (Å²) in [5.41, 5.74) is 8.69. The van der Waals surface area contributed by atoms with Crippen molar-refractivity contribution in [3.8, 4) is 11.1 Å². The number of H-pyrrole nitrogens is 1. The van der Waals surface area contributed by atoms with Gasteiger partial charge in [-0.15, -0.1) is 0 Å². The van der Waals surface area contributed by atoms with Crippen LogP contribution >= 0.6 is 0 Å². The average Bonchev–Trinajstić information content (AvgIpc) is 3.07. The topological polar surface area (TPSA) is 79.6 Å². The zero-order chi connectivity index (χ0) is 19.7. The number of halogens is 3. The molecule has 0 fully saturated rings. The third kappa shape index (κ3) is 3.62. The Labute approximate surface area is 158 Å². The van der Waals surface area contributed by atoms with E-state index in [0.29, 0.717) is 18.2 Å². The van der Waals surface area contributed by atoms with Crippen LogP contribution in [0.3, 0.4) is 0 Å². The fourth-order valence-corrected chi connectivity index (χ4v) is 2.92. The lowest BCUT2D eigenvalue weighted by Crippen LogP contribution is -2.06. The Bertz CT molecular complexity index is 1120. The lowest BCUT2D eigenvalue weighted by Gasteiger charge is -2.10. The van der Waals surface area contributed by atoms with Crippen LogP contribution in [0.25, 0.3) is 22.0 Å². The molecule has 0 aliphatic rings. The molecule has 142 valence electrons. The standard InChI is InChI=1S/C20H16F3N5/c21-20(22,23)15-4-1-12(2-5-15)11-26-18-10-14(7-8-25-18)13-3-6-17-16(9-13)19(24)28-27-17/h1-10H,11H2,(H,25,26)(H3,24,27,28). The van der Waals surface area contributed by atoms with Gasteiger partial charge in [-0.1, -0.05) is 18.2 Å². The lowest BCUT2D eigenvalue weighted by atomic mass is 10.0. The highest BCUT2D eigenvalue weighted by Crippen LogP contribution is 2.29. The zero-order valence-corrected chi connectivity index (χ0v) is 14.6. The molecule has 0 aliphatic heterocycles. The van der Waals surface area contributed by atoms with Gasteiger partial charge in [-0.25, -0.2) is 4.98 Å². The maximum absolute atomic E-state index is 12.6. The number of anilines is 2. The normalized spacial score (nSPS) is 11.7. The highest BCUT2D eigenvalue weighted by molar-refractivity contribution is 5.92. The van der Waals surface area contributed by atoms with Crippen molar-refractivity contribution in [2.24, 2.45) is 0 Å². The largest absolute Gasteiger partial charge is 0.416 e. The Morgan fingerprint density at radius 1 is 0.964 bits per heavy atom. The van der Waals surface area contributed by atoms with Gasteiger partial charge in [-0.2, -0.15) is 18.3 Å². The number of hydrogen-bond donors (Lipinski definition) is 3. The van der Waals surface area contributed by atoms with Gasteiger partial charge in [0.1, 0.15) is 5.82 Å². The first-order valence-electron chi connectivity index (χ1n) is 8.50. The fraction of sp³-hybridized carbons (Fsp3) is 0.100. The molecule has 4 rings (SSSR count). The van der Waals surface area contributed by atoms with Crippen LogP contribution in [0.1, 0.15) is 11.1 Å². The van der Waals surface area contributed by atoms with E-state index in [1.54, 1.807) is 6.20 Å². The van der Waals surface area contributed by atoms with Crippen LogP contribution in [0.4, 0.5) is 24.8 Å². The van der Waals surface area contributed by atoms with Crippen molar-refractivity contribution >= 4 is 22.5 Å². The van der Waals surface area contributed by atoms with Gasteiger partial charge in [-0.05, 0) is 53.1 Å². The van der Waals surface area contributed by atoms with Crippen molar-refractivity contribution in [3.63, 3.8) is 0 Å². The predicted octanol–water partition coefficient (Wildman–Crippen LogP) is 4.84. The van der Waals surface area contributed by atoms with Crippen molar-refractivity contribution in [2.75, 3.05) is 11.1 Å². The van der Waals surface area contributed by atoms with Crippen molar-refractivity contribution < 1.29 is 13.2 Å². The highest BCUT2D eigenvalue weighted by Gasteiger charge is 2.29. The number of aromatic nitrogens is 3. The van der Waals surface area contributed by atoms with E-state index in [4.69, 9.17) is 5.73 Å². The zero-order valence-electron chi connectivity index (χ0n) is 14.6. The number of alkyl halides is 3. The van der Waals surface area contributed by atoms with Crippen LogP contribution in [-0.2, 0) is 12.7 Å². The van der Waals surface area contributed by atoms with Crippen molar-refractivity contribution in [2.45, 2.75) is 12.7 Å². The SMILES string of the molecule is Nc1n[nH]c2ccc(-c3ccnc(NCc4ccc(C(F)(F)F)cc4)c3)cc12. The Balaban J connectivity index is 1.51. The van der Waals surface area contributed by atoms with Crippen molar-refractivity contribution in [3.05, 3.63) is 71.9 Å². The third-order valence-corrected chi connectivity index (χ3v) is 4.44. The average molecular weight is 383 g/mol. The van der Waals surface area contributed by atoms with Gasteiger partial charge in [0.25, 0.3) is 0 Å². The third-order valence-electron chi connectivity index (χ3n) is 4.44. The molecule has 2 aromatic carbocycles. The van der Waals surface area contributed by atoms with E-state index in [0.717, 1.165) is 39.7 Å². The fourth-order valence-electron chi connectivity index (χ4n) is 2.92. The number of hydrogen-bond acceptors (Lipinski definition) is 4. The number of pyridine rings is 1. The van der Waals surface area contributed by atoms with Crippen LogP contribution in [0, 0.1) is 0 Å². The van der Waals surface area contributed by atoms with Gasteiger partial charge in [0.2, 0.25) is 0 Å². The van der Waals surface area contributed by atoms with Crippen LogP contribution < -0.4 is 11.1 Å². The summed E-state index contributed by atoms with van der Waals surface area (Å²) in [4.78, 5) is 4.27. The summed E-state index contributed by atoms with van der Waals surface area (Å²) in [6, 6.07) is 14.6. The van der Waals surface area contributed by atoms with Gasteiger partial charge in [-0.3, -0.25) is 5.10 Å². The van der Waals surface area contributed by atoms with E-state index >= 15 is 0 Å². The maximum Gasteiger partial charge on any atom is 0.416 e. The summed E-state index contributed by atoms with van der Waals surface area (Å²) in [6.45, 7) is 0.363. The molecule has 5 nitrogen and oxygen atoms in total. The van der Waals surface area contributed by atoms with Gasteiger partial charge in [0, 0.05) is 18.1 Å². The van der Waals surface area contributed by atoms with Crippen molar-refractivity contribution in [1.29, 1.82) is 0 Å². The van der Waals surface area contributed by atoms with E-state index < -0.39 is 11.7 Å². The van der Waals surface area contributed by atoms with E-state index in [1.807, 2.05) is 30.3 Å². The Morgan fingerprint density at radius 3 is 2.46 bits per heavy atom. The lowest BCUT2D eigenvalue weighted by molar-refractivity contribution is -0.137. The first-order valence-corrected chi connectivity index (χ1v) is 8.50. The molecule has 2 aromatic heterocycles. The molecule has 4 aromatic rings. The number of nitrogens with one attached hydrogen (secondary N) is 2. The molecule has 0 bridgehead atoms. The molecular formula is C20H16F3N5. The minimum Gasteiger partial charge on any atom is -0.382 e. The summed E-state index contributed by atoms with van der Waals surface area (Å²) in [6.07, 6.45) is -2.66.